The van der Waals surface area contributed by atoms with Gasteiger partial charge in [-0.15, -0.1) is 0 Å². The molecule has 0 aromatic carbocycles. The summed E-state index contributed by atoms with van der Waals surface area (Å²) in [5, 5.41) is 3.26. The molecule has 0 spiro atoms. The molecule has 2 aliphatic rings. The van der Waals surface area contributed by atoms with Crippen LogP contribution in [0.3, 0.4) is 0 Å². The molecule has 4 nitrogen and oxygen atoms in total. The second-order valence-electron chi connectivity index (χ2n) is 6.33. The number of pyridine rings is 1. The van der Waals surface area contributed by atoms with Crippen molar-refractivity contribution in [2.75, 3.05) is 6.54 Å². The van der Waals surface area contributed by atoms with Crippen LogP contribution in [0.5, 0.6) is 0 Å². The first-order valence-corrected chi connectivity index (χ1v) is 8.41. The number of allylic oxidation sites excluding steroid dienone is 1. The highest BCUT2D eigenvalue weighted by Gasteiger charge is 2.29. The fourth-order valence-corrected chi connectivity index (χ4v) is 3.43. The molecule has 0 unspecified atom stereocenters. The predicted octanol–water partition coefficient (Wildman–Crippen LogP) is 2.66. The molecule has 1 aromatic heterocycles. The molecule has 0 bridgehead atoms. The van der Waals surface area contributed by atoms with E-state index in [-0.39, 0.29) is 11.9 Å². The Labute approximate surface area is 132 Å². The van der Waals surface area contributed by atoms with Gasteiger partial charge in [0.2, 0.25) is 5.91 Å². The van der Waals surface area contributed by atoms with Crippen molar-refractivity contribution in [3.63, 3.8) is 0 Å². The lowest BCUT2D eigenvalue weighted by atomic mass is 9.98. The minimum Gasteiger partial charge on any atom is -0.352 e. The van der Waals surface area contributed by atoms with Gasteiger partial charge in [0, 0.05) is 25.0 Å². The Morgan fingerprint density at radius 2 is 2.27 bits per heavy atom. The van der Waals surface area contributed by atoms with E-state index >= 15 is 0 Å². The van der Waals surface area contributed by atoms with Crippen molar-refractivity contribution in [2.45, 2.75) is 57.2 Å². The summed E-state index contributed by atoms with van der Waals surface area (Å²) in [4.78, 5) is 19.2. The van der Waals surface area contributed by atoms with E-state index in [4.69, 9.17) is 0 Å². The standard InChI is InChI=1S/C18H25N3O/c22-18(20-16-8-2-1-3-9-16)17-10-4-5-12-21(17)14-15-7-6-11-19-13-15/h1-2,6-7,11,13,16-17H,3-5,8-10,12,14H2,(H,20,22)/t16-,17-/m1/s1. The molecule has 0 saturated carbocycles. The lowest BCUT2D eigenvalue weighted by Crippen LogP contribution is -2.51. The third kappa shape index (κ3) is 3.95. The number of amides is 1. The number of likely N-dealkylation sites (tertiary alicyclic amines) is 1. The van der Waals surface area contributed by atoms with Crippen molar-refractivity contribution in [3.8, 4) is 0 Å². The minimum absolute atomic E-state index is 0.0138. The van der Waals surface area contributed by atoms with Gasteiger partial charge in [-0.25, -0.2) is 0 Å². The van der Waals surface area contributed by atoms with Crippen LogP contribution in [-0.4, -0.2) is 34.4 Å². The molecule has 2 heterocycles. The average Bonchev–Trinajstić information content (AvgIpc) is 2.57. The number of hydrogen-bond acceptors (Lipinski definition) is 3. The van der Waals surface area contributed by atoms with E-state index in [1.165, 1.54) is 12.0 Å². The Morgan fingerprint density at radius 3 is 3.05 bits per heavy atom. The van der Waals surface area contributed by atoms with Crippen molar-refractivity contribution in [2.24, 2.45) is 0 Å². The molecule has 1 aliphatic heterocycles. The number of aromatic nitrogens is 1. The molecular weight excluding hydrogens is 274 g/mol. The van der Waals surface area contributed by atoms with Crippen LogP contribution in [0.1, 0.15) is 44.1 Å². The van der Waals surface area contributed by atoms with E-state index in [1.54, 1.807) is 6.20 Å². The first-order chi connectivity index (χ1) is 10.8. The quantitative estimate of drug-likeness (QED) is 0.869. The van der Waals surface area contributed by atoms with Crippen molar-refractivity contribution < 1.29 is 4.79 Å². The van der Waals surface area contributed by atoms with E-state index in [1.807, 2.05) is 12.3 Å². The van der Waals surface area contributed by atoms with Crippen molar-refractivity contribution in [3.05, 3.63) is 42.2 Å². The van der Waals surface area contributed by atoms with E-state index < -0.39 is 0 Å². The Balaban J connectivity index is 1.61. The lowest BCUT2D eigenvalue weighted by molar-refractivity contribution is -0.128. The van der Waals surface area contributed by atoms with E-state index in [2.05, 4.69) is 33.4 Å². The van der Waals surface area contributed by atoms with E-state index in [0.29, 0.717) is 6.04 Å². The Morgan fingerprint density at radius 1 is 1.32 bits per heavy atom. The van der Waals surface area contributed by atoms with Gasteiger partial charge < -0.3 is 5.32 Å². The lowest BCUT2D eigenvalue weighted by Gasteiger charge is -2.35. The summed E-state index contributed by atoms with van der Waals surface area (Å²) >= 11 is 0. The van der Waals surface area contributed by atoms with Gasteiger partial charge in [-0.2, -0.15) is 0 Å². The monoisotopic (exact) mass is 299 g/mol. The van der Waals surface area contributed by atoms with E-state index in [9.17, 15) is 4.79 Å². The molecule has 2 atom stereocenters. The van der Waals surface area contributed by atoms with Gasteiger partial charge >= 0.3 is 0 Å². The zero-order valence-electron chi connectivity index (χ0n) is 13.1. The second-order valence-corrected chi connectivity index (χ2v) is 6.33. The molecule has 1 aromatic rings. The maximum absolute atomic E-state index is 12.7. The van der Waals surface area contributed by atoms with Crippen LogP contribution in [-0.2, 0) is 11.3 Å². The second kappa shape index (κ2) is 7.54. The van der Waals surface area contributed by atoms with Gasteiger partial charge in [0.05, 0.1) is 6.04 Å². The maximum Gasteiger partial charge on any atom is 0.237 e. The molecule has 1 saturated heterocycles. The van der Waals surface area contributed by atoms with Gasteiger partial charge in [-0.3, -0.25) is 14.7 Å². The average molecular weight is 299 g/mol. The van der Waals surface area contributed by atoms with Crippen molar-refractivity contribution in [1.82, 2.24) is 15.2 Å². The van der Waals surface area contributed by atoms with Crippen molar-refractivity contribution >= 4 is 5.91 Å². The Kier molecular flexibility index (Phi) is 5.22. The van der Waals surface area contributed by atoms with Crippen LogP contribution in [0.2, 0.25) is 0 Å². The van der Waals surface area contributed by atoms with Gasteiger partial charge in [0.1, 0.15) is 0 Å². The van der Waals surface area contributed by atoms with E-state index in [0.717, 1.165) is 45.2 Å². The number of nitrogens with one attached hydrogen (secondary N) is 1. The molecule has 1 fully saturated rings. The van der Waals surface area contributed by atoms with Crippen LogP contribution in [0.4, 0.5) is 0 Å². The fraction of sp³-hybridized carbons (Fsp3) is 0.556. The SMILES string of the molecule is O=C(N[C@@H]1CC=CCC1)[C@H]1CCCCN1Cc1cccnc1. The summed E-state index contributed by atoms with van der Waals surface area (Å²) in [6, 6.07) is 4.38. The third-order valence-electron chi connectivity index (χ3n) is 4.64. The molecule has 3 rings (SSSR count). The first-order valence-electron chi connectivity index (χ1n) is 8.41. The zero-order chi connectivity index (χ0) is 15.2. The van der Waals surface area contributed by atoms with Gasteiger partial charge in [-0.05, 0) is 50.3 Å². The summed E-state index contributed by atoms with van der Waals surface area (Å²) in [5.41, 5.74) is 1.18. The number of piperidine rings is 1. The zero-order valence-corrected chi connectivity index (χ0v) is 13.1. The number of hydrogen-bond donors (Lipinski definition) is 1. The summed E-state index contributed by atoms with van der Waals surface area (Å²) in [7, 11) is 0. The summed E-state index contributed by atoms with van der Waals surface area (Å²) < 4.78 is 0. The number of nitrogens with zero attached hydrogens (tertiary/aromatic N) is 2. The minimum atomic E-state index is 0.0138. The molecule has 1 N–H and O–H groups in total. The molecule has 1 amide bonds. The van der Waals surface area contributed by atoms with Crippen LogP contribution < -0.4 is 5.32 Å². The largest absolute Gasteiger partial charge is 0.352 e. The number of carbonyl (C=O) groups excluding carboxylic acids is 1. The van der Waals surface area contributed by atoms with Crippen LogP contribution in [0.15, 0.2) is 36.7 Å². The van der Waals surface area contributed by atoms with Crippen LogP contribution in [0.25, 0.3) is 0 Å². The summed E-state index contributed by atoms with van der Waals surface area (Å²) in [6.07, 6.45) is 14.5. The number of rotatable bonds is 4. The molecule has 1 aliphatic carbocycles. The summed E-state index contributed by atoms with van der Waals surface area (Å²) in [5.74, 6) is 0.212. The highest BCUT2D eigenvalue weighted by molar-refractivity contribution is 5.82. The number of carbonyl (C=O) groups is 1. The van der Waals surface area contributed by atoms with Crippen LogP contribution in [0, 0.1) is 0 Å². The maximum atomic E-state index is 12.7. The molecular formula is C18H25N3O. The van der Waals surface area contributed by atoms with Crippen molar-refractivity contribution in [1.29, 1.82) is 0 Å². The predicted molar refractivity (Wildman–Crippen MR) is 87.2 cm³/mol. The highest BCUT2D eigenvalue weighted by Crippen LogP contribution is 2.20. The summed E-state index contributed by atoms with van der Waals surface area (Å²) in [6.45, 7) is 1.81. The normalized spacial score (nSPS) is 25.8. The molecule has 22 heavy (non-hydrogen) atoms. The van der Waals surface area contributed by atoms with Gasteiger partial charge in [0.25, 0.3) is 0 Å². The smallest absolute Gasteiger partial charge is 0.237 e. The van der Waals surface area contributed by atoms with Gasteiger partial charge in [0.15, 0.2) is 0 Å². The fourth-order valence-electron chi connectivity index (χ4n) is 3.43. The first kappa shape index (κ1) is 15.2. The topological polar surface area (TPSA) is 45.2 Å². The Hall–Kier alpha value is -1.68. The molecule has 4 heteroatoms. The molecule has 0 radical (unpaired) electrons. The third-order valence-corrected chi connectivity index (χ3v) is 4.64. The highest BCUT2D eigenvalue weighted by atomic mass is 16.2. The van der Waals surface area contributed by atoms with Crippen LogP contribution >= 0.6 is 0 Å². The molecule has 118 valence electrons. The Bertz CT molecular complexity index is 514. The van der Waals surface area contributed by atoms with Gasteiger partial charge in [-0.1, -0.05) is 24.6 Å².